The fourth-order valence-electron chi connectivity index (χ4n) is 1.38. The minimum Gasteiger partial charge on any atom is -0.354 e. The topological polar surface area (TPSA) is 41.1 Å². The van der Waals surface area contributed by atoms with Crippen molar-refractivity contribution < 1.29 is 4.79 Å². The molecule has 14 heavy (non-hydrogen) atoms. The van der Waals surface area contributed by atoms with E-state index in [9.17, 15) is 4.79 Å². The summed E-state index contributed by atoms with van der Waals surface area (Å²) in [5.41, 5.74) is 0. The van der Waals surface area contributed by atoms with Gasteiger partial charge in [-0.25, -0.2) is 0 Å². The van der Waals surface area contributed by atoms with Gasteiger partial charge in [-0.3, -0.25) is 4.79 Å². The van der Waals surface area contributed by atoms with Crippen LogP contribution < -0.4 is 10.6 Å². The largest absolute Gasteiger partial charge is 0.354 e. The zero-order valence-corrected chi connectivity index (χ0v) is 9.24. The third-order valence-electron chi connectivity index (χ3n) is 2.13. The Labute approximate surface area is 89.7 Å². The molecule has 3 nitrogen and oxygen atoms in total. The number of nitrogens with one attached hydrogen (secondary N) is 2. The number of carbonyl (C=O) groups excluding carboxylic acids is 1. The molecule has 1 unspecified atom stereocenters. The Hall–Kier alpha value is -0.480. The molecule has 1 heterocycles. The molecule has 1 aliphatic rings. The summed E-state index contributed by atoms with van der Waals surface area (Å²) in [5.74, 6) is 1.33. The third kappa shape index (κ3) is 4.67. The second-order valence-electron chi connectivity index (χ2n) is 3.36. The van der Waals surface area contributed by atoms with Crippen LogP contribution >= 0.6 is 11.8 Å². The molecule has 0 bridgehead atoms. The number of carbonyl (C=O) groups is 1. The summed E-state index contributed by atoms with van der Waals surface area (Å²) < 4.78 is 0. The number of thioether (sulfide) groups is 1. The van der Waals surface area contributed by atoms with Crippen LogP contribution in [0.5, 0.6) is 0 Å². The van der Waals surface area contributed by atoms with E-state index in [1.54, 1.807) is 6.08 Å². The van der Waals surface area contributed by atoms with Gasteiger partial charge in [0.25, 0.3) is 0 Å². The first-order valence-corrected chi connectivity index (χ1v) is 6.07. The molecule has 0 saturated carbocycles. The lowest BCUT2D eigenvalue weighted by atomic mass is 10.2. The average molecular weight is 214 g/mol. The summed E-state index contributed by atoms with van der Waals surface area (Å²) in [6, 6.07) is 0. The molecule has 1 aliphatic heterocycles. The maximum atomic E-state index is 11.3. The smallest absolute Gasteiger partial charge is 0.234 e. The predicted octanol–water partition coefficient (Wildman–Crippen LogP) is 0.774. The van der Waals surface area contributed by atoms with Crippen molar-refractivity contribution in [3.05, 3.63) is 12.7 Å². The molecule has 1 atom stereocenters. The summed E-state index contributed by atoms with van der Waals surface area (Å²) in [6.45, 7) is 5.47. The molecule has 0 aromatic heterocycles. The fraction of sp³-hybridized carbons (Fsp3) is 0.700. The maximum absolute atomic E-state index is 11.3. The molecule has 0 aromatic rings. The predicted molar refractivity (Wildman–Crippen MR) is 61.6 cm³/mol. The first kappa shape index (κ1) is 11.6. The quantitative estimate of drug-likeness (QED) is 0.507. The lowest BCUT2D eigenvalue weighted by molar-refractivity contribution is -0.120. The highest BCUT2D eigenvalue weighted by Gasteiger charge is 2.15. The van der Waals surface area contributed by atoms with Gasteiger partial charge in [0.2, 0.25) is 5.91 Å². The van der Waals surface area contributed by atoms with E-state index in [0.717, 1.165) is 6.54 Å². The summed E-state index contributed by atoms with van der Waals surface area (Å²) >= 11 is 1.96. The monoisotopic (exact) mass is 214 g/mol. The highest BCUT2D eigenvalue weighted by Crippen LogP contribution is 2.24. The van der Waals surface area contributed by atoms with Gasteiger partial charge in [0.05, 0.1) is 6.54 Å². The van der Waals surface area contributed by atoms with Crippen LogP contribution in [0.15, 0.2) is 12.7 Å². The van der Waals surface area contributed by atoms with E-state index in [-0.39, 0.29) is 5.91 Å². The number of amides is 1. The lowest BCUT2D eigenvalue weighted by Gasteiger charge is -2.09. The normalized spacial score (nSPS) is 20.7. The molecule has 1 amide bonds. The van der Waals surface area contributed by atoms with Crippen LogP contribution in [0, 0.1) is 0 Å². The maximum Gasteiger partial charge on any atom is 0.234 e. The first-order chi connectivity index (χ1) is 6.83. The van der Waals surface area contributed by atoms with Crippen LogP contribution in [0.2, 0.25) is 0 Å². The van der Waals surface area contributed by atoms with Gasteiger partial charge >= 0.3 is 0 Å². The minimum absolute atomic E-state index is 0.0827. The molecule has 4 heteroatoms. The highest BCUT2D eigenvalue weighted by molar-refractivity contribution is 8.00. The Morgan fingerprint density at radius 2 is 2.50 bits per heavy atom. The molecule has 1 saturated heterocycles. The highest BCUT2D eigenvalue weighted by atomic mass is 32.2. The second-order valence-corrected chi connectivity index (χ2v) is 4.77. The molecule has 1 rings (SSSR count). The average Bonchev–Trinajstić information content (AvgIpc) is 2.68. The molecule has 0 aliphatic carbocycles. The van der Waals surface area contributed by atoms with E-state index < -0.39 is 0 Å². The minimum atomic E-state index is 0.0827. The van der Waals surface area contributed by atoms with E-state index in [2.05, 4.69) is 17.2 Å². The van der Waals surface area contributed by atoms with Crippen LogP contribution in [0.25, 0.3) is 0 Å². The Morgan fingerprint density at radius 1 is 1.64 bits per heavy atom. The standard InChI is InChI=1S/C10H18N2OS/c1-2-5-11-8-10(13)12-7-9-4-3-6-14-9/h2,9,11H,1,3-8H2,(H,12,13). The third-order valence-corrected chi connectivity index (χ3v) is 3.52. The van der Waals surface area contributed by atoms with Crippen molar-refractivity contribution in [2.75, 3.05) is 25.4 Å². The van der Waals surface area contributed by atoms with Crippen LogP contribution in [-0.4, -0.2) is 36.5 Å². The van der Waals surface area contributed by atoms with Gasteiger partial charge in [0.1, 0.15) is 0 Å². The number of hydrogen-bond acceptors (Lipinski definition) is 3. The van der Waals surface area contributed by atoms with Gasteiger partial charge in [-0.1, -0.05) is 6.08 Å². The van der Waals surface area contributed by atoms with Gasteiger partial charge in [-0.2, -0.15) is 11.8 Å². The van der Waals surface area contributed by atoms with Gasteiger partial charge in [0, 0.05) is 18.3 Å². The Kier molecular flexibility index (Phi) is 5.71. The summed E-state index contributed by atoms with van der Waals surface area (Å²) in [6.07, 6.45) is 4.28. The van der Waals surface area contributed by atoms with Crippen molar-refractivity contribution in [3.63, 3.8) is 0 Å². The van der Waals surface area contributed by atoms with Crippen LogP contribution in [0.1, 0.15) is 12.8 Å². The van der Waals surface area contributed by atoms with Crippen molar-refractivity contribution in [2.45, 2.75) is 18.1 Å². The van der Waals surface area contributed by atoms with Crippen molar-refractivity contribution >= 4 is 17.7 Å². The summed E-state index contributed by atoms with van der Waals surface area (Å²) in [7, 11) is 0. The SMILES string of the molecule is C=CCNCC(=O)NCC1CCCS1. The van der Waals surface area contributed by atoms with Crippen molar-refractivity contribution in [2.24, 2.45) is 0 Å². The zero-order valence-electron chi connectivity index (χ0n) is 8.42. The summed E-state index contributed by atoms with van der Waals surface area (Å²) in [4.78, 5) is 11.3. The van der Waals surface area contributed by atoms with Crippen LogP contribution in [0.4, 0.5) is 0 Å². The van der Waals surface area contributed by atoms with Gasteiger partial charge < -0.3 is 10.6 Å². The van der Waals surface area contributed by atoms with Crippen molar-refractivity contribution in [1.82, 2.24) is 10.6 Å². The number of hydrogen-bond donors (Lipinski definition) is 2. The Balaban J connectivity index is 1.99. The van der Waals surface area contributed by atoms with Gasteiger partial charge in [-0.15, -0.1) is 6.58 Å². The van der Waals surface area contributed by atoms with E-state index in [1.807, 2.05) is 11.8 Å². The Bertz CT molecular complexity index is 191. The number of rotatable bonds is 6. The molecule has 80 valence electrons. The van der Waals surface area contributed by atoms with Crippen molar-refractivity contribution in [3.8, 4) is 0 Å². The van der Waals surface area contributed by atoms with Crippen LogP contribution in [-0.2, 0) is 4.79 Å². The Morgan fingerprint density at radius 3 is 3.14 bits per heavy atom. The van der Waals surface area contributed by atoms with Crippen LogP contribution in [0.3, 0.4) is 0 Å². The van der Waals surface area contributed by atoms with E-state index in [4.69, 9.17) is 0 Å². The summed E-state index contributed by atoms with van der Waals surface area (Å²) in [5, 5.41) is 6.54. The molecule has 0 spiro atoms. The van der Waals surface area contributed by atoms with E-state index in [0.29, 0.717) is 18.3 Å². The zero-order chi connectivity index (χ0) is 10.2. The lowest BCUT2D eigenvalue weighted by Crippen LogP contribution is -2.36. The van der Waals surface area contributed by atoms with E-state index >= 15 is 0 Å². The van der Waals surface area contributed by atoms with Crippen molar-refractivity contribution in [1.29, 1.82) is 0 Å². The molecule has 1 fully saturated rings. The molecule has 0 aromatic carbocycles. The van der Waals surface area contributed by atoms with Gasteiger partial charge in [-0.05, 0) is 18.6 Å². The molecular weight excluding hydrogens is 196 g/mol. The van der Waals surface area contributed by atoms with Gasteiger partial charge in [0.15, 0.2) is 0 Å². The molecular formula is C10H18N2OS. The second kappa shape index (κ2) is 6.90. The molecule has 0 radical (unpaired) electrons. The fourth-order valence-corrected chi connectivity index (χ4v) is 2.58. The first-order valence-electron chi connectivity index (χ1n) is 5.03. The molecule has 2 N–H and O–H groups in total. The van der Waals surface area contributed by atoms with E-state index in [1.165, 1.54) is 18.6 Å².